The predicted molar refractivity (Wildman–Crippen MR) is 53.1 cm³/mol. The van der Waals surface area contributed by atoms with Crippen molar-refractivity contribution < 1.29 is 9.53 Å². The molecule has 1 unspecified atom stereocenters. The number of ketones is 1. The van der Waals surface area contributed by atoms with Crippen LogP contribution in [0.25, 0.3) is 0 Å². The molecule has 4 heteroatoms. The van der Waals surface area contributed by atoms with Crippen molar-refractivity contribution in [1.82, 2.24) is 9.55 Å². The zero-order valence-electron chi connectivity index (χ0n) is 8.30. The summed E-state index contributed by atoms with van der Waals surface area (Å²) in [4.78, 5) is 15.4. The number of imidazole rings is 1. The van der Waals surface area contributed by atoms with Crippen LogP contribution in [0.3, 0.4) is 0 Å². The van der Waals surface area contributed by atoms with Crippen LogP contribution in [-0.2, 0) is 9.53 Å². The fourth-order valence-electron chi connectivity index (χ4n) is 1.91. The van der Waals surface area contributed by atoms with E-state index >= 15 is 0 Å². The van der Waals surface area contributed by atoms with Crippen molar-refractivity contribution in [3.63, 3.8) is 0 Å². The van der Waals surface area contributed by atoms with Crippen LogP contribution in [0.4, 0.5) is 0 Å². The summed E-state index contributed by atoms with van der Waals surface area (Å²) in [7, 11) is 0. The van der Waals surface area contributed by atoms with Crippen LogP contribution >= 0.6 is 0 Å². The number of rotatable bonds is 2. The zero-order chi connectivity index (χ0) is 10.3. The second-order valence-corrected chi connectivity index (χ2v) is 4.05. The van der Waals surface area contributed by atoms with Crippen LogP contribution in [-0.4, -0.2) is 15.3 Å². The van der Waals surface area contributed by atoms with Crippen molar-refractivity contribution in [3.05, 3.63) is 30.6 Å². The molecular formula is C11H12N2O2. The molecule has 0 aromatic carbocycles. The maximum absolute atomic E-state index is 11.3. The first-order valence-corrected chi connectivity index (χ1v) is 5.21. The molecule has 1 aliphatic carbocycles. The Morgan fingerprint density at radius 3 is 3.07 bits per heavy atom. The average Bonchev–Trinajstić information content (AvgIpc) is 2.96. The normalized spacial score (nSPS) is 25.3. The Morgan fingerprint density at radius 2 is 2.33 bits per heavy atom. The van der Waals surface area contributed by atoms with Crippen LogP contribution < -0.4 is 0 Å². The number of ether oxygens (including phenoxy) is 1. The lowest BCUT2D eigenvalue weighted by Gasteiger charge is -2.19. The molecule has 3 rings (SSSR count). The Bertz CT molecular complexity index is 418. The van der Waals surface area contributed by atoms with E-state index < -0.39 is 0 Å². The third kappa shape index (κ3) is 1.56. The second-order valence-electron chi connectivity index (χ2n) is 4.05. The van der Waals surface area contributed by atoms with Gasteiger partial charge in [0.2, 0.25) is 0 Å². The summed E-state index contributed by atoms with van der Waals surface area (Å²) in [5, 5.41) is 0. The molecule has 2 heterocycles. The summed E-state index contributed by atoms with van der Waals surface area (Å²) in [5.41, 5.74) is 1.02. The van der Waals surface area contributed by atoms with E-state index in [2.05, 4.69) is 9.55 Å². The van der Waals surface area contributed by atoms with E-state index in [4.69, 9.17) is 4.74 Å². The first-order chi connectivity index (χ1) is 7.34. The van der Waals surface area contributed by atoms with Gasteiger partial charge in [-0.2, -0.15) is 0 Å². The number of carbonyl (C=O) groups is 1. The van der Waals surface area contributed by atoms with Crippen molar-refractivity contribution in [2.45, 2.75) is 31.4 Å². The molecule has 0 amide bonds. The molecule has 4 nitrogen and oxygen atoms in total. The minimum Gasteiger partial charge on any atom is -0.491 e. The van der Waals surface area contributed by atoms with Crippen molar-refractivity contribution >= 4 is 5.78 Å². The van der Waals surface area contributed by atoms with Gasteiger partial charge in [0.05, 0.1) is 30.9 Å². The zero-order valence-corrected chi connectivity index (χ0v) is 8.30. The number of carbonyl (C=O) groups excluding carboxylic acids is 1. The third-order valence-electron chi connectivity index (χ3n) is 2.85. The summed E-state index contributed by atoms with van der Waals surface area (Å²) in [6.07, 6.45) is 9.30. The molecule has 0 radical (unpaired) electrons. The van der Waals surface area contributed by atoms with Gasteiger partial charge in [-0.25, -0.2) is 4.98 Å². The highest BCUT2D eigenvalue weighted by atomic mass is 16.5. The largest absolute Gasteiger partial charge is 0.491 e. The summed E-state index contributed by atoms with van der Waals surface area (Å²) >= 11 is 0. The third-order valence-corrected chi connectivity index (χ3v) is 2.85. The number of nitrogens with zero attached hydrogens (tertiary/aromatic N) is 2. The number of hydrogen-bond donors (Lipinski definition) is 0. The molecule has 1 atom stereocenters. The standard InChI is InChI=1S/C11H12N2O2/c14-9-3-4-15-11(5-9)10-6-12-7-13(10)8-1-2-8/h3-4,6-8,11H,1-2,5H2. The molecule has 1 aromatic rings. The fourth-order valence-corrected chi connectivity index (χ4v) is 1.91. The Kier molecular flexibility index (Phi) is 1.87. The maximum Gasteiger partial charge on any atom is 0.162 e. The van der Waals surface area contributed by atoms with Gasteiger partial charge < -0.3 is 9.30 Å². The summed E-state index contributed by atoms with van der Waals surface area (Å²) in [6, 6.07) is 0.576. The highest BCUT2D eigenvalue weighted by Gasteiger charge is 2.29. The van der Waals surface area contributed by atoms with E-state index in [1.54, 1.807) is 6.20 Å². The Morgan fingerprint density at radius 1 is 1.47 bits per heavy atom. The second kappa shape index (κ2) is 3.22. The smallest absolute Gasteiger partial charge is 0.162 e. The molecule has 78 valence electrons. The number of hydrogen-bond acceptors (Lipinski definition) is 3. The van der Waals surface area contributed by atoms with Gasteiger partial charge in [0.1, 0.15) is 6.10 Å². The van der Waals surface area contributed by atoms with E-state index in [9.17, 15) is 4.79 Å². The molecule has 2 aliphatic rings. The molecule has 0 saturated heterocycles. The SMILES string of the molecule is O=C1C=COC(c2cncn2C2CC2)C1. The van der Waals surface area contributed by atoms with Gasteiger partial charge in [-0.1, -0.05) is 0 Å². The van der Waals surface area contributed by atoms with Crippen LogP contribution in [0.1, 0.15) is 37.1 Å². The van der Waals surface area contributed by atoms with Crippen molar-refractivity contribution in [1.29, 1.82) is 0 Å². The van der Waals surface area contributed by atoms with Crippen molar-refractivity contribution in [2.75, 3.05) is 0 Å². The van der Waals surface area contributed by atoms with E-state index in [0.717, 1.165) is 5.69 Å². The fraction of sp³-hybridized carbons (Fsp3) is 0.455. The van der Waals surface area contributed by atoms with E-state index in [-0.39, 0.29) is 11.9 Å². The topological polar surface area (TPSA) is 44.1 Å². The number of allylic oxidation sites excluding steroid dienone is 1. The summed E-state index contributed by atoms with van der Waals surface area (Å²) < 4.78 is 7.59. The van der Waals surface area contributed by atoms with Crippen LogP contribution in [0.15, 0.2) is 24.9 Å². The van der Waals surface area contributed by atoms with E-state index in [1.807, 2.05) is 6.33 Å². The van der Waals surface area contributed by atoms with Crippen molar-refractivity contribution in [3.8, 4) is 0 Å². The monoisotopic (exact) mass is 204 g/mol. The quantitative estimate of drug-likeness (QED) is 0.737. The molecule has 0 bridgehead atoms. The Hall–Kier alpha value is -1.58. The number of aromatic nitrogens is 2. The molecular weight excluding hydrogens is 192 g/mol. The highest BCUT2D eigenvalue weighted by molar-refractivity contribution is 5.90. The van der Waals surface area contributed by atoms with Gasteiger partial charge in [0, 0.05) is 12.1 Å². The maximum atomic E-state index is 11.3. The van der Waals surface area contributed by atoms with Crippen LogP contribution in [0.2, 0.25) is 0 Å². The molecule has 1 saturated carbocycles. The molecule has 1 aromatic heterocycles. The van der Waals surface area contributed by atoms with Crippen LogP contribution in [0.5, 0.6) is 0 Å². The van der Waals surface area contributed by atoms with Gasteiger partial charge >= 0.3 is 0 Å². The van der Waals surface area contributed by atoms with Gasteiger partial charge in [0.15, 0.2) is 5.78 Å². The van der Waals surface area contributed by atoms with E-state index in [1.165, 1.54) is 25.2 Å². The first kappa shape index (κ1) is 8.71. The Labute approximate surface area is 87.6 Å². The summed E-state index contributed by atoms with van der Waals surface area (Å²) in [6.45, 7) is 0. The van der Waals surface area contributed by atoms with Gasteiger partial charge in [-0.05, 0) is 12.8 Å². The Balaban J connectivity index is 1.88. The first-order valence-electron chi connectivity index (χ1n) is 5.21. The lowest BCUT2D eigenvalue weighted by molar-refractivity contribution is -0.118. The summed E-state index contributed by atoms with van der Waals surface area (Å²) in [5.74, 6) is 0.120. The predicted octanol–water partition coefficient (Wildman–Crippen LogP) is 1.76. The van der Waals surface area contributed by atoms with Crippen molar-refractivity contribution in [2.24, 2.45) is 0 Å². The molecule has 1 fully saturated rings. The van der Waals surface area contributed by atoms with Gasteiger partial charge in [-0.3, -0.25) is 4.79 Å². The minimum absolute atomic E-state index is 0.120. The van der Waals surface area contributed by atoms with Gasteiger partial charge in [-0.15, -0.1) is 0 Å². The average molecular weight is 204 g/mol. The highest BCUT2D eigenvalue weighted by Crippen LogP contribution is 2.38. The molecule has 0 N–H and O–H groups in total. The lowest BCUT2D eigenvalue weighted by atomic mass is 10.1. The molecule has 15 heavy (non-hydrogen) atoms. The minimum atomic E-state index is -0.148. The molecule has 1 aliphatic heterocycles. The van der Waals surface area contributed by atoms with Crippen LogP contribution in [0, 0.1) is 0 Å². The van der Waals surface area contributed by atoms with Gasteiger partial charge in [0.25, 0.3) is 0 Å². The molecule has 0 spiro atoms. The van der Waals surface area contributed by atoms with E-state index in [0.29, 0.717) is 12.5 Å². The lowest BCUT2D eigenvalue weighted by Crippen LogP contribution is -2.14.